The van der Waals surface area contributed by atoms with Crippen molar-refractivity contribution in [1.29, 1.82) is 0 Å². The molecule has 0 aromatic carbocycles. The normalized spacial score (nSPS) is 31.4. The molecule has 0 aromatic heterocycles. The van der Waals surface area contributed by atoms with Gasteiger partial charge in [0.1, 0.15) is 1.41 Å². The summed E-state index contributed by atoms with van der Waals surface area (Å²) in [5, 5.41) is 1.64. The number of likely N-dealkylation sites (N-methyl/N-ethyl adjacent to an activating group) is 1. The summed E-state index contributed by atoms with van der Waals surface area (Å²) in [7, 11) is 2.13. The second kappa shape index (κ2) is 1.82. The Bertz CT molecular complexity index is 152. The van der Waals surface area contributed by atoms with Crippen LogP contribution in [0.2, 0.25) is 1.41 Å². The molecule has 2 aliphatic heterocycles. The van der Waals surface area contributed by atoms with E-state index >= 15 is 0 Å². The minimum Gasteiger partial charge on any atom is -0.309 e. The summed E-state index contributed by atoms with van der Waals surface area (Å²) < 4.78 is 7.37. The average molecular weight is 126 g/mol. The first-order chi connectivity index (χ1) is 4.75. The van der Waals surface area contributed by atoms with Crippen LogP contribution in [0.5, 0.6) is 0 Å². The molecule has 2 nitrogen and oxygen atoms in total. The van der Waals surface area contributed by atoms with Crippen LogP contribution in [-0.2, 0) is 0 Å². The van der Waals surface area contributed by atoms with Crippen LogP contribution in [-0.4, -0.2) is 38.1 Å². The Hall–Kier alpha value is -0.340. The molecule has 0 fully saturated rings. The third-order valence-electron chi connectivity index (χ3n) is 2.03. The lowest BCUT2D eigenvalue weighted by molar-refractivity contribution is 0.414. The molecule has 9 heavy (non-hydrogen) atoms. The smallest absolute Gasteiger partial charge is 0.123 e. The monoisotopic (exact) mass is 126 g/mol. The Morgan fingerprint density at radius 1 is 1.44 bits per heavy atom. The van der Waals surface area contributed by atoms with Gasteiger partial charge in [-0.25, -0.2) is 0 Å². The van der Waals surface area contributed by atoms with Crippen molar-refractivity contribution in [3.05, 3.63) is 11.1 Å². The molecule has 0 atom stereocenters. The average Bonchev–Trinajstić information content (AvgIpc) is 2.21. The first-order valence-corrected chi connectivity index (χ1v) is 3.38. The molecule has 0 aromatic rings. The van der Waals surface area contributed by atoms with Crippen LogP contribution in [0.25, 0.3) is 0 Å². The Morgan fingerprint density at radius 3 is 2.56 bits per heavy atom. The summed E-state index contributed by atoms with van der Waals surface area (Å²) in [6.45, 7) is 3.93. The van der Waals surface area contributed by atoms with Crippen LogP contribution in [0.1, 0.15) is 0 Å². The molecule has 2 aliphatic rings. The number of hydrogen-bond donors (Lipinski definition) is 1. The highest BCUT2D eigenvalue weighted by molar-refractivity contribution is 5.29. The molecule has 2 heteroatoms. The third-order valence-corrected chi connectivity index (χ3v) is 2.03. The predicted molar refractivity (Wildman–Crippen MR) is 37.4 cm³/mol. The van der Waals surface area contributed by atoms with E-state index in [2.05, 4.69) is 11.9 Å². The highest BCUT2D eigenvalue weighted by Gasteiger charge is 2.21. The molecule has 0 radical (unpaired) electrons. The minimum atomic E-state index is 0.875. The Balaban J connectivity index is 2.09. The van der Waals surface area contributed by atoms with Gasteiger partial charge in [-0.05, 0) is 18.2 Å². The van der Waals surface area contributed by atoms with E-state index in [0.717, 1.165) is 26.2 Å². The lowest BCUT2D eigenvalue weighted by Crippen LogP contribution is -2.22. The van der Waals surface area contributed by atoms with Gasteiger partial charge in [-0.2, -0.15) is 0 Å². The van der Waals surface area contributed by atoms with Gasteiger partial charge in [-0.1, -0.05) is 0 Å². The van der Waals surface area contributed by atoms with E-state index in [1.165, 1.54) is 11.1 Å². The maximum Gasteiger partial charge on any atom is 0.123 e. The quantitative estimate of drug-likeness (QED) is 0.453. The maximum absolute atomic E-state index is 7.37. The van der Waals surface area contributed by atoms with Crippen LogP contribution in [0.15, 0.2) is 11.1 Å². The van der Waals surface area contributed by atoms with E-state index in [0.29, 0.717) is 0 Å². The fourth-order valence-electron chi connectivity index (χ4n) is 1.58. The van der Waals surface area contributed by atoms with E-state index in [-0.39, 0.29) is 0 Å². The van der Waals surface area contributed by atoms with Gasteiger partial charge in [0, 0.05) is 26.2 Å². The second-order valence-electron chi connectivity index (χ2n) is 2.92. The fourth-order valence-corrected chi connectivity index (χ4v) is 1.58. The van der Waals surface area contributed by atoms with Gasteiger partial charge in [0.25, 0.3) is 0 Å². The Morgan fingerprint density at radius 2 is 2.00 bits per heavy atom. The van der Waals surface area contributed by atoms with Crippen molar-refractivity contribution in [3.8, 4) is 0 Å². The highest BCUT2D eigenvalue weighted by atomic mass is 15.1. The largest absolute Gasteiger partial charge is 0.309 e. The first-order valence-electron chi connectivity index (χ1n) is 3.82. The molecule has 0 spiro atoms. The zero-order valence-corrected chi connectivity index (χ0v) is 5.72. The zero-order valence-electron chi connectivity index (χ0n) is 6.72. The van der Waals surface area contributed by atoms with Crippen molar-refractivity contribution in [2.24, 2.45) is 0 Å². The predicted octanol–water partition coefficient (Wildman–Crippen LogP) is -0.168. The SMILES string of the molecule is [3H]N1CC2=C(C1)CN(C)C2. The molecule has 0 unspecified atom stereocenters. The van der Waals surface area contributed by atoms with E-state index in [1.807, 2.05) is 0 Å². The van der Waals surface area contributed by atoms with Gasteiger partial charge >= 0.3 is 0 Å². The van der Waals surface area contributed by atoms with E-state index in [1.54, 1.807) is 5.31 Å². The molecule has 1 N–H and O–H groups in total. The Labute approximate surface area is 57.0 Å². The topological polar surface area (TPSA) is 15.3 Å². The molecule has 0 bridgehead atoms. The molecule has 0 saturated heterocycles. The summed E-state index contributed by atoms with van der Waals surface area (Å²) >= 11 is 0. The number of nitrogens with zero attached hydrogens (tertiary/aromatic N) is 1. The van der Waals surface area contributed by atoms with Gasteiger partial charge in [0.05, 0.1) is 0 Å². The molecular weight excluding hydrogens is 112 g/mol. The van der Waals surface area contributed by atoms with Crippen molar-refractivity contribution in [3.63, 3.8) is 0 Å². The van der Waals surface area contributed by atoms with Crippen molar-refractivity contribution in [2.45, 2.75) is 0 Å². The van der Waals surface area contributed by atoms with Gasteiger partial charge in [0.2, 0.25) is 0 Å². The highest BCUT2D eigenvalue weighted by Crippen LogP contribution is 2.17. The van der Waals surface area contributed by atoms with Crippen molar-refractivity contribution >= 4 is 0 Å². The molecular formula is C7H12N2. The summed E-state index contributed by atoms with van der Waals surface area (Å²) in [4.78, 5) is 2.30. The number of hydrogen-bond acceptors (Lipinski definition) is 2. The van der Waals surface area contributed by atoms with Gasteiger partial charge < -0.3 is 5.31 Å². The Kier molecular flexibility index (Phi) is 0.905. The maximum atomic E-state index is 7.37. The van der Waals surface area contributed by atoms with Crippen LogP contribution in [0, 0.1) is 0 Å². The lowest BCUT2D eigenvalue weighted by atomic mass is 10.2. The summed E-state index contributed by atoms with van der Waals surface area (Å²) in [5.74, 6) is 0. The summed E-state index contributed by atoms with van der Waals surface area (Å²) in [6.07, 6.45) is 0. The third kappa shape index (κ3) is 0.787. The van der Waals surface area contributed by atoms with Crippen LogP contribution in [0.4, 0.5) is 0 Å². The van der Waals surface area contributed by atoms with Gasteiger partial charge in [-0.15, -0.1) is 0 Å². The fraction of sp³-hybridized carbons (Fsp3) is 0.714. The number of nitrogens with one attached hydrogen (secondary N) is 1. The van der Waals surface area contributed by atoms with E-state index < -0.39 is 0 Å². The molecule has 0 saturated carbocycles. The molecule has 50 valence electrons. The standard InChI is InChI=1S/C7H12N2/c1-9-4-6-2-8-3-7(6)5-9/h8H,2-5H2,1H3/i/hT. The zero-order chi connectivity index (χ0) is 7.14. The van der Waals surface area contributed by atoms with Crippen LogP contribution < -0.4 is 5.31 Å². The molecule has 0 aliphatic carbocycles. The molecule has 0 amide bonds. The second-order valence-corrected chi connectivity index (χ2v) is 2.92. The molecule has 2 heterocycles. The first kappa shape index (κ1) is 4.47. The van der Waals surface area contributed by atoms with Crippen molar-refractivity contribution in [2.75, 3.05) is 33.2 Å². The van der Waals surface area contributed by atoms with Crippen molar-refractivity contribution < 1.29 is 1.41 Å². The van der Waals surface area contributed by atoms with Crippen LogP contribution >= 0.6 is 0 Å². The van der Waals surface area contributed by atoms with E-state index in [9.17, 15) is 0 Å². The summed E-state index contributed by atoms with van der Waals surface area (Å²) in [6, 6.07) is 0. The van der Waals surface area contributed by atoms with Gasteiger partial charge in [-0.3, -0.25) is 4.90 Å². The van der Waals surface area contributed by atoms with Crippen LogP contribution in [0.3, 0.4) is 0 Å². The summed E-state index contributed by atoms with van der Waals surface area (Å²) in [5.41, 5.74) is 2.97. The molecule has 2 rings (SSSR count). The minimum absolute atomic E-state index is 0.875. The number of rotatable bonds is 0. The van der Waals surface area contributed by atoms with Crippen molar-refractivity contribution in [1.82, 2.24) is 10.2 Å². The van der Waals surface area contributed by atoms with E-state index in [4.69, 9.17) is 1.41 Å². The van der Waals surface area contributed by atoms with Gasteiger partial charge in [0.15, 0.2) is 0 Å². The lowest BCUT2D eigenvalue weighted by Gasteiger charge is -2.09.